The molecule has 0 aliphatic carbocycles. The molecule has 0 atom stereocenters. The second-order valence-electron chi connectivity index (χ2n) is 7.35. The van der Waals surface area contributed by atoms with Gasteiger partial charge in [0.15, 0.2) is 0 Å². The Hall–Kier alpha value is -2.95. The van der Waals surface area contributed by atoms with E-state index in [1.165, 1.54) is 0 Å². The lowest BCUT2D eigenvalue weighted by Crippen LogP contribution is -2.17. The molecule has 0 bridgehead atoms. The molecule has 0 radical (unpaired) electrons. The van der Waals surface area contributed by atoms with Crippen molar-refractivity contribution in [2.75, 3.05) is 13.2 Å². The Bertz CT molecular complexity index is 1280. The van der Waals surface area contributed by atoms with Crippen LogP contribution in [0.2, 0.25) is 10.0 Å². The molecule has 164 valence electrons. The number of aryl methyl sites for hydroxylation is 1. The maximum absolute atomic E-state index is 13.1. The van der Waals surface area contributed by atoms with Crippen LogP contribution in [0.25, 0.3) is 22.0 Å². The molecule has 32 heavy (non-hydrogen) atoms. The highest BCUT2D eigenvalue weighted by atomic mass is 35.5. The van der Waals surface area contributed by atoms with Gasteiger partial charge in [0.1, 0.15) is 18.1 Å². The minimum atomic E-state index is -0.355. The van der Waals surface area contributed by atoms with E-state index in [1.54, 1.807) is 18.2 Å². The molecule has 0 saturated heterocycles. The van der Waals surface area contributed by atoms with E-state index in [0.29, 0.717) is 41.2 Å². The van der Waals surface area contributed by atoms with Gasteiger partial charge in [-0.05, 0) is 49.2 Å². The van der Waals surface area contributed by atoms with Gasteiger partial charge < -0.3 is 14.0 Å². The monoisotopic (exact) mass is 467 g/mol. The van der Waals surface area contributed by atoms with E-state index < -0.39 is 0 Å². The average Bonchev–Trinajstić information content (AvgIpc) is 3.10. The molecule has 3 aromatic carbocycles. The maximum Gasteiger partial charge on any atom is 0.355 e. The third kappa shape index (κ3) is 4.34. The summed E-state index contributed by atoms with van der Waals surface area (Å²) in [7, 11) is 0. The Morgan fingerprint density at radius 3 is 2.50 bits per heavy atom. The number of halogens is 2. The number of benzene rings is 3. The molecule has 0 aliphatic heterocycles. The fourth-order valence-corrected chi connectivity index (χ4v) is 4.38. The molecule has 4 rings (SSSR count). The van der Waals surface area contributed by atoms with Crippen molar-refractivity contribution >= 4 is 40.1 Å². The van der Waals surface area contributed by atoms with Gasteiger partial charge in [-0.1, -0.05) is 65.7 Å². The SMILES string of the molecule is CCOC(=O)c1c(-c2ccccc2C)c2ccccc2n1CCOc1ccc(Cl)cc1Cl. The van der Waals surface area contributed by atoms with E-state index in [4.69, 9.17) is 32.7 Å². The smallest absolute Gasteiger partial charge is 0.355 e. The van der Waals surface area contributed by atoms with Gasteiger partial charge in [-0.2, -0.15) is 0 Å². The standard InChI is InChI=1S/C26H23Cl2NO3/c1-3-31-26(30)25-24(19-9-5-4-8-17(19)2)20-10-6-7-11-22(20)29(25)14-15-32-23-13-12-18(27)16-21(23)28/h4-13,16H,3,14-15H2,1-2H3. The van der Waals surface area contributed by atoms with Gasteiger partial charge in [-0.3, -0.25) is 0 Å². The molecule has 0 aliphatic rings. The first-order valence-electron chi connectivity index (χ1n) is 10.4. The van der Waals surface area contributed by atoms with Gasteiger partial charge in [0.05, 0.1) is 18.2 Å². The zero-order valence-electron chi connectivity index (χ0n) is 17.9. The number of fused-ring (bicyclic) bond motifs is 1. The van der Waals surface area contributed by atoms with E-state index in [1.807, 2.05) is 66.9 Å². The zero-order chi connectivity index (χ0) is 22.7. The topological polar surface area (TPSA) is 40.5 Å². The molecule has 0 unspecified atom stereocenters. The van der Waals surface area contributed by atoms with Crippen LogP contribution in [-0.2, 0) is 11.3 Å². The van der Waals surface area contributed by atoms with Crippen molar-refractivity contribution in [2.45, 2.75) is 20.4 Å². The Labute approximate surface area is 197 Å². The van der Waals surface area contributed by atoms with Gasteiger partial charge in [0, 0.05) is 21.5 Å². The van der Waals surface area contributed by atoms with E-state index in [-0.39, 0.29) is 5.97 Å². The molecular formula is C26H23Cl2NO3. The van der Waals surface area contributed by atoms with Crippen LogP contribution in [0.15, 0.2) is 66.7 Å². The normalized spacial score (nSPS) is 11.0. The quantitative estimate of drug-likeness (QED) is 0.270. The number of esters is 1. The zero-order valence-corrected chi connectivity index (χ0v) is 19.4. The van der Waals surface area contributed by atoms with E-state index in [9.17, 15) is 4.79 Å². The molecule has 0 amide bonds. The Morgan fingerprint density at radius 2 is 1.75 bits per heavy atom. The van der Waals surface area contributed by atoms with Crippen LogP contribution in [0.4, 0.5) is 0 Å². The van der Waals surface area contributed by atoms with Crippen molar-refractivity contribution in [3.8, 4) is 16.9 Å². The van der Waals surface area contributed by atoms with Gasteiger partial charge in [-0.15, -0.1) is 0 Å². The summed E-state index contributed by atoms with van der Waals surface area (Å²) in [5.74, 6) is 0.191. The number of carbonyl (C=O) groups excluding carboxylic acids is 1. The summed E-state index contributed by atoms with van der Waals surface area (Å²) in [5.41, 5.74) is 4.44. The highest BCUT2D eigenvalue weighted by molar-refractivity contribution is 6.35. The fraction of sp³-hybridized carbons (Fsp3) is 0.192. The number of hydrogen-bond acceptors (Lipinski definition) is 3. The highest BCUT2D eigenvalue weighted by Crippen LogP contribution is 2.37. The van der Waals surface area contributed by atoms with Crippen LogP contribution < -0.4 is 4.74 Å². The second-order valence-corrected chi connectivity index (χ2v) is 8.19. The first-order valence-corrected chi connectivity index (χ1v) is 11.2. The minimum Gasteiger partial charge on any atom is -0.490 e. The number of carbonyl (C=O) groups is 1. The van der Waals surface area contributed by atoms with Crippen LogP contribution in [-0.4, -0.2) is 23.8 Å². The predicted octanol–water partition coefficient (Wildman–Crippen LogP) is 7.18. The van der Waals surface area contributed by atoms with Crippen molar-refractivity contribution in [1.82, 2.24) is 4.57 Å². The number of rotatable bonds is 7. The number of hydrogen-bond donors (Lipinski definition) is 0. The van der Waals surface area contributed by atoms with Crippen LogP contribution in [0.1, 0.15) is 23.0 Å². The van der Waals surface area contributed by atoms with Gasteiger partial charge in [0.25, 0.3) is 0 Å². The van der Waals surface area contributed by atoms with Crippen LogP contribution in [0.3, 0.4) is 0 Å². The fourth-order valence-electron chi connectivity index (χ4n) is 3.91. The molecule has 4 aromatic rings. The summed E-state index contributed by atoms with van der Waals surface area (Å²) >= 11 is 12.2. The lowest BCUT2D eigenvalue weighted by atomic mass is 9.97. The molecule has 0 saturated carbocycles. The van der Waals surface area contributed by atoms with E-state index >= 15 is 0 Å². The van der Waals surface area contributed by atoms with Crippen molar-refractivity contribution in [3.63, 3.8) is 0 Å². The van der Waals surface area contributed by atoms with Crippen molar-refractivity contribution in [3.05, 3.63) is 88.0 Å². The Morgan fingerprint density at radius 1 is 1.00 bits per heavy atom. The molecule has 1 aromatic heterocycles. The highest BCUT2D eigenvalue weighted by Gasteiger charge is 2.25. The van der Waals surface area contributed by atoms with Crippen molar-refractivity contribution in [2.24, 2.45) is 0 Å². The summed E-state index contributed by atoms with van der Waals surface area (Å²) in [6.45, 7) is 4.91. The van der Waals surface area contributed by atoms with Gasteiger partial charge in [0.2, 0.25) is 0 Å². The molecule has 6 heteroatoms. The number of para-hydroxylation sites is 1. The maximum atomic E-state index is 13.1. The molecule has 0 fully saturated rings. The number of aromatic nitrogens is 1. The van der Waals surface area contributed by atoms with Crippen molar-refractivity contribution < 1.29 is 14.3 Å². The van der Waals surface area contributed by atoms with Crippen LogP contribution >= 0.6 is 23.2 Å². The summed E-state index contributed by atoms with van der Waals surface area (Å²) < 4.78 is 13.3. The summed E-state index contributed by atoms with van der Waals surface area (Å²) in [6.07, 6.45) is 0. The van der Waals surface area contributed by atoms with Gasteiger partial charge >= 0.3 is 5.97 Å². The van der Waals surface area contributed by atoms with E-state index in [0.717, 1.165) is 27.6 Å². The van der Waals surface area contributed by atoms with Crippen molar-refractivity contribution in [1.29, 1.82) is 0 Å². The largest absolute Gasteiger partial charge is 0.490 e. The summed E-state index contributed by atoms with van der Waals surface area (Å²) in [4.78, 5) is 13.1. The first-order chi connectivity index (χ1) is 15.5. The lowest BCUT2D eigenvalue weighted by Gasteiger charge is -2.14. The second kappa shape index (κ2) is 9.68. The molecule has 0 spiro atoms. The lowest BCUT2D eigenvalue weighted by molar-refractivity contribution is 0.0514. The minimum absolute atomic E-state index is 0.296. The molecule has 0 N–H and O–H groups in total. The Balaban J connectivity index is 1.80. The summed E-state index contributed by atoms with van der Waals surface area (Å²) in [5, 5.41) is 1.99. The first kappa shape index (κ1) is 22.3. The van der Waals surface area contributed by atoms with Crippen LogP contribution in [0.5, 0.6) is 5.75 Å². The third-order valence-corrected chi connectivity index (χ3v) is 5.85. The number of ether oxygens (including phenoxy) is 2. The average molecular weight is 468 g/mol. The molecule has 1 heterocycles. The Kier molecular flexibility index (Phi) is 6.73. The molecule has 4 nitrogen and oxygen atoms in total. The van der Waals surface area contributed by atoms with Gasteiger partial charge in [-0.25, -0.2) is 4.79 Å². The van der Waals surface area contributed by atoms with E-state index in [2.05, 4.69) is 0 Å². The third-order valence-electron chi connectivity index (χ3n) is 5.32. The predicted molar refractivity (Wildman–Crippen MR) is 130 cm³/mol. The van der Waals surface area contributed by atoms with Crippen LogP contribution in [0, 0.1) is 6.92 Å². The molecular weight excluding hydrogens is 445 g/mol. The summed E-state index contributed by atoms with van der Waals surface area (Å²) in [6, 6.07) is 21.2. The number of nitrogens with zero attached hydrogens (tertiary/aromatic N) is 1.